The third-order valence-corrected chi connectivity index (χ3v) is 11.3. The summed E-state index contributed by atoms with van der Waals surface area (Å²) in [5.41, 5.74) is 0. The molecule has 0 spiro atoms. The van der Waals surface area contributed by atoms with Crippen LogP contribution in [-0.4, -0.2) is 37.9 Å². The number of esters is 2. The maximum absolute atomic E-state index is 12.8. The van der Waals surface area contributed by atoms with Gasteiger partial charge < -0.3 is 14.2 Å². The van der Waals surface area contributed by atoms with Gasteiger partial charge in [0, 0.05) is 19.4 Å². The standard InChI is InChI=1S/C55H100O5/c1-4-7-10-13-16-19-22-25-28-30-33-36-39-42-45-48-54(56)59-52-53(51-58-50-47-44-41-38-35-32-27-24-21-18-15-12-9-6-3)60-55(57)49-46-43-40-37-34-31-29-26-23-20-17-14-11-8-5-2/h9,12,18,21,25,27-28,32,53H,4-8,10-11,13-17,19-20,22-24,26,29-31,33-52H2,1-3H3/b12-9-,21-18-,28-25-,32-27-. The van der Waals surface area contributed by atoms with Crippen LogP contribution in [0.2, 0.25) is 0 Å². The first kappa shape index (κ1) is 57.9. The van der Waals surface area contributed by atoms with Crippen LogP contribution >= 0.6 is 0 Å². The van der Waals surface area contributed by atoms with Crippen LogP contribution in [0.4, 0.5) is 0 Å². The Kier molecular flexibility index (Phi) is 49.4. The van der Waals surface area contributed by atoms with E-state index < -0.39 is 6.10 Å². The van der Waals surface area contributed by atoms with E-state index in [1.165, 1.54) is 154 Å². The summed E-state index contributed by atoms with van der Waals surface area (Å²) in [6.45, 7) is 7.69. The Labute approximate surface area is 373 Å². The Bertz CT molecular complexity index is 997. The van der Waals surface area contributed by atoms with Gasteiger partial charge in [-0.3, -0.25) is 9.59 Å². The fourth-order valence-electron chi connectivity index (χ4n) is 7.46. The number of unbranched alkanes of at least 4 members (excludes halogenated alkanes) is 29. The van der Waals surface area contributed by atoms with Crippen molar-refractivity contribution in [3.05, 3.63) is 48.6 Å². The first-order chi connectivity index (χ1) is 29.6. The number of carbonyl (C=O) groups excluding carboxylic acids is 2. The summed E-state index contributed by atoms with van der Waals surface area (Å²) in [5, 5.41) is 0. The molecule has 0 aromatic rings. The molecular weight excluding hydrogens is 741 g/mol. The number of allylic oxidation sites excluding steroid dienone is 8. The smallest absolute Gasteiger partial charge is 0.306 e. The molecule has 0 N–H and O–H groups in total. The molecule has 0 rings (SSSR count). The predicted octanol–water partition coefficient (Wildman–Crippen LogP) is 17.6. The Morgan fingerprint density at radius 1 is 0.383 bits per heavy atom. The van der Waals surface area contributed by atoms with E-state index in [2.05, 4.69) is 69.4 Å². The molecular formula is C55H100O5. The summed E-state index contributed by atoms with van der Waals surface area (Å²) < 4.78 is 17.4. The summed E-state index contributed by atoms with van der Waals surface area (Å²) in [6.07, 6.45) is 62.6. The van der Waals surface area contributed by atoms with Gasteiger partial charge in [-0.05, 0) is 77.0 Å². The molecule has 0 saturated carbocycles. The van der Waals surface area contributed by atoms with E-state index in [1.807, 2.05) is 0 Å². The van der Waals surface area contributed by atoms with Crippen LogP contribution in [0.25, 0.3) is 0 Å². The van der Waals surface area contributed by atoms with E-state index in [-0.39, 0.29) is 25.2 Å². The van der Waals surface area contributed by atoms with Crippen LogP contribution < -0.4 is 0 Å². The van der Waals surface area contributed by atoms with Crippen LogP contribution in [-0.2, 0) is 23.8 Å². The predicted molar refractivity (Wildman–Crippen MR) is 261 cm³/mol. The van der Waals surface area contributed by atoms with Gasteiger partial charge in [-0.15, -0.1) is 0 Å². The topological polar surface area (TPSA) is 61.8 Å². The Hall–Kier alpha value is -2.14. The molecule has 0 radical (unpaired) electrons. The molecule has 0 amide bonds. The molecule has 0 aliphatic heterocycles. The molecule has 60 heavy (non-hydrogen) atoms. The molecule has 5 heteroatoms. The van der Waals surface area contributed by atoms with Gasteiger partial charge in [-0.25, -0.2) is 0 Å². The van der Waals surface area contributed by atoms with Gasteiger partial charge in [-0.1, -0.05) is 223 Å². The molecule has 0 fully saturated rings. The highest BCUT2D eigenvalue weighted by molar-refractivity contribution is 5.70. The van der Waals surface area contributed by atoms with Gasteiger partial charge in [0.05, 0.1) is 6.61 Å². The lowest BCUT2D eigenvalue weighted by Crippen LogP contribution is -2.30. The van der Waals surface area contributed by atoms with Gasteiger partial charge in [0.2, 0.25) is 0 Å². The molecule has 0 saturated heterocycles. The van der Waals surface area contributed by atoms with E-state index in [0.717, 1.165) is 77.0 Å². The zero-order valence-electron chi connectivity index (χ0n) is 40.2. The molecule has 0 aromatic carbocycles. The summed E-state index contributed by atoms with van der Waals surface area (Å²) >= 11 is 0. The van der Waals surface area contributed by atoms with Crippen LogP contribution in [0.3, 0.4) is 0 Å². The van der Waals surface area contributed by atoms with E-state index in [0.29, 0.717) is 19.4 Å². The van der Waals surface area contributed by atoms with Crippen LogP contribution in [0.15, 0.2) is 48.6 Å². The van der Waals surface area contributed by atoms with Crippen molar-refractivity contribution in [1.29, 1.82) is 0 Å². The minimum atomic E-state index is -0.547. The fraction of sp³-hybridized carbons (Fsp3) is 0.818. The molecule has 0 aromatic heterocycles. The lowest BCUT2D eigenvalue weighted by Gasteiger charge is -2.18. The number of carbonyl (C=O) groups is 2. The van der Waals surface area contributed by atoms with E-state index in [9.17, 15) is 9.59 Å². The minimum absolute atomic E-state index is 0.0749. The monoisotopic (exact) mass is 841 g/mol. The third-order valence-electron chi connectivity index (χ3n) is 11.3. The highest BCUT2D eigenvalue weighted by Crippen LogP contribution is 2.15. The summed E-state index contributed by atoms with van der Waals surface area (Å²) in [6, 6.07) is 0. The van der Waals surface area contributed by atoms with Crippen molar-refractivity contribution in [2.45, 2.75) is 271 Å². The fourth-order valence-corrected chi connectivity index (χ4v) is 7.46. The van der Waals surface area contributed by atoms with Gasteiger partial charge in [0.15, 0.2) is 6.10 Å². The number of rotatable bonds is 48. The minimum Gasteiger partial charge on any atom is -0.462 e. The van der Waals surface area contributed by atoms with E-state index in [1.54, 1.807) is 0 Å². The maximum Gasteiger partial charge on any atom is 0.306 e. The normalized spacial score (nSPS) is 12.5. The highest BCUT2D eigenvalue weighted by atomic mass is 16.6. The number of hydrogen-bond acceptors (Lipinski definition) is 5. The lowest BCUT2D eigenvalue weighted by atomic mass is 10.0. The van der Waals surface area contributed by atoms with Crippen LogP contribution in [0.1, 0.15) is 265 Å². The molecule has 350 valence electrons. The number of ether oxygens (including phenoxy) is 3. The zero-order chi connectivity index (χ0) is 43.5. The van der Waals surface area contributed by atoms with Crippen molar-refractivity contribution in [2.75, 3.05) is 19.8 Å². The average Bonchev–Trinajstić information content (AvgIpc) is 3.25. The second-order valence-electron chi connectivity index (χ2n) is 17.4. The molecule has 1 unspecified atom stereocenters. The van der Waals surface area contributed by atoms with Crippen molar-refractivity contribution in [3.8, 4) is 0 Å². The van der Waals surface area contributed by atoms with Crippen LogP contribution in [0, 0.1) is 0 Å². The Morgan fingerprint density at radius 2 is 0.750 bits per heavy atom. The quantitative estimate of drug-likeness (QED) is 0.0347. The Balaban J connectivity index is 4.29. The zero-order valence-corrected chi connectivity index (χ0v) is 40.2. The van der Waals surface area contributed by atoms with Gasteiger partial charge >= 0.3 is 11.9 Å². The molecule has 0 heterocycles. The average molecular weight is 841 g/mol. The van der Waals surface area contributed by atoms with Crippen molar-refractivity contribution in [1.82, 2.24) is 0 Å². The Morgan fingerprint density at radius 3 is 1.22 bits per heavy atom. The lowest BCUT2D eigenvalue weighted by molar-refractivity contribution is -0.163. The second kappa shape index (κ2) is 51.2. The first-order valence-electron chi connectivity index (χ1n) is 26.2. The maximum atomic E-state index is 12.8. The summed E-state index contributed by atoms with van der Waals surface area (Å²) in [7, 11) is 0. The largest absolute Gasteiger partial charge is 0.462 e. The SMILES string of the molecule is CC/C=C\C/C=C\C/C=C\CCCCCCOCC(COC(=O)CCCCCCC/C=C\CCCCCCCC)OC(=O)CCCCCCCCCCCCCCCCC. The van der Waals surface area contributed by atoms with E-state index in [4.69, 9.17) is 14.2 Å². The first-order valence-corrected chi connectivity index (χ1v) is 26.2. The third kappa shape index (κ3) is 48.5. The van der Waals surface area contributed by atoms with Crippen LogP contribution in [0.5, 0.6) is 0 Å². The summed E-state index contributed by atoms with van der Waals surface area (Å²) in [5.74, 6) is -0.409. The molecule has 0 aliphatic carbocycles. The van der Waals surface area contributed by atoms with Crippen molar-refractivity contribution in [3.63, 3.8) is 0 Å². The van der Waals surface area contributed by atoms with Gasteiger partial charge in [0.25, 0.3) is 0 Å². The van der Waals surface area contributed by atoms with Gasteiger partial charge in [-0.2, -0.15) is 0 Å². The van der Waals surface area contributed by atoms with Crippen molar-refractivity contribution < 1.29 is 23.8 Å². The number of hydrogen-bond donors (Lipinski definition) is 0. The second-order valence-corrected chi connectivity index (χ2v) is 17.4. The molecule has 5 nitrogen and oxygen atoms in total. The van der Waals surface area contributed by atoms with E-state index >= 15 is 0 Å². The van der Waals surface area contributed by atoms with Crippen molar-refractivity contribution in [2.24, 2.45) is 0 Å². The summed E-state index contributed by atoms with van der Waals surface area (Å²) in [4.78, 5) is 25.4. The highest BCUT2D eigenvalue weighted by Gasteiger charge is 2.17. The van der Waals surface area contributed by atoms with Crippen molar-refractivity contribution >= 4 is 11.9 Å². The van der Waals surface area contributed by atoms with Gasteiger partial charge in [0.1, 0.15) is 6.61 Å². The molecule has 0 bridgehead atoms. The molecule has 1 atom stereocenters. The molecule has 0 aliphatic rings.